The second kappa shape index (κ2) is 7.73. The van der Waals surface area contributed by atoms with Crippen molar-refractivity contribution in [1.29, 1.82) is 0 Å². The van der Waals surface area contributed by atoms with Gasteiger partial charge in [-0.2, -0.15) is 0 Å². The lowest BCUT2D eigenvalue weighted by Gasteiger charge is -2.18. The van der Waals surface area contributed by atoms with E-state index >= 15 is 0 Å². The predicted octanol–water partition coefficient (Wildman–Crippen LogP) is 2.09. The van der Waals surface area contributed by atoms with Crippen molar-refractivity contribution in [2.75, 3.05) is 26.4 Å². The predicted molar refractivity (Wildman–Crippen MR) is 92.9 cm³/mol. The highest BCUT2D eigenvalue weighted by molar-refractivity contribution is 7.17. The van der Waals surface area contributed by atoms with Crippen LogP contribution in [0.3, 0.4) is 0 Å². The van der Waals surface area contributed by atoms with Crippen LogP contribution in [0.4, 0.5) is 0 Å². The lowest BCUT2D eigenvalue weighted by Crippen LogP contribution is -2.28. The van der Waals surface area contributed by atoms with E-state index in [1.54, 1.807) is 6.07 Å². The average molecular weight is 357 g/mol. The number of terminal acetylenes is 1. The normalized spacial score (nSPS) is 12.1. The Morgan fingerprint density at radius 3 is 2.80 bits per heavy atom. The van der Waals surface area contributed by atoms with Gasteiger partial charge in [0.2, 0.25) is 0 Å². The van der Waals surface area contributed by atoms with Crippen molar-refractivity contribution in [1.82, 2.24) is 5.32 Å². The van der Waals surface area contributed by atoms with E-state index in [4.69, 9.17) is 20.6 Å². The van der Waals surface area contributed by atoms with Gasteiger partial charge < -0.3 is 19.5 Å². The number of benzene rings is 1. The van der Waals surface area contributed by atoms with Gasteiger partial charge in [0, 0.05) is 4.88 Å². The van der Waals surface area contributed by atoms with Crippen LogP contribution in [0, 0.1) is 12.3 Å². The third kappa shape index (κ3) is 4.11. The number of hydrogen-bond donors (Lipinski definition) is 1. The van der Waals surface area contributed by atoms with Crippen molar-refractivity contribution in [3.8, 4) is 34.3 Å². The summed E-state index contributed by atoms with van der Waals surface area (Å²) in [6, 6.07) is 9.12. The summed E-state index contributed by atoms with van der Waals surface area (Å²) in [4.78, 5) is 24.7. The van der Waals surface area contributed by atoms with Gasteiger partial charge in [-0.3, -0.25) is 4.79 Å². The molecule has 0 saturated heterocycles. The van der Waals surface area contributed by atoms with E-state index in [0.717, 1.165) is 10.4 Å². The Bertz CT molecular complexity index is 836. The molecule has 0 aliphatic carbocycles. The molecule has 2 aromatic rings. The fourth-order valence-corrected chi connectivity index (χ4v) is 3.10. The van der Waals surface area contributed by atoms with Gasteiger partial charge in [-0.05, 0) is 35.9 Å². The fourth-order valence-electron chi connectivity index (χ4n) is 2.20. The molecule has 25 heavy (non-hydrogen) atoms. The molecular formula is C18H15NO5S. The van der Waals surface area contributed by atoms with Crippen LogP contribution in [0.15, 0.2) is 30.3 Å². The summed E-state index contributed by atoms with van der Waals surface area (Å²) in [6.45, 7) is 0.790. The minimum atomic E-state index is -0.551. The van der Waals surface area contributed by atoms with Crippen LogP contribution in [-0.4, -0.2) is 38.2 Å². The number of fused-ring (bicyclic) bond motifs is 1. The summed E-state index contributed by atoms with van der Waals surface area (Å²) in [5, 5.41) is 2.42. The molecule has 0 radical (unpaired) electrons. The van der Waals surface area contributed by atoms with E-state index in [-0.39, 0.29) is 13.2 Å². The van der Waals surface area contributed by atoms with E-state index in [1.165, 1.54) is 11.3 Å². The summed E-state index contributed by atoms with van der Waals surface area (Å²) in [5.74, 6) is 2.68. The van der Waals surface area contributed by atoms with Gasteiger partial charge in [0.05, 0.1) is 6.54 Å². The maximum absolute atomic E-state index is 12.0. The van der Waals surface area contributed by atoms with E-state index in [9.17, 15) is 9.59 Å². The standard InChI is InChI=1S/C18H15NO5S/c1-2-7-19-17(20)11-24-18(21)16-6-5-15(25-16)12-3-4-13-14(10-12)23-9-8-22-13/h1,3-6,10H,7-9,11H2,(H,19,20). The molecule has 1 aliphatic rings. The highest BCUT2D eigenvalue weighted by atomic mass is 32.1. The molecule has 1 N–H and O–H groups in total. The summed E-state index contributed by atoms with van der Waals surface area (Å²) in [5.41, 5.74) is 0.917. The smallest absolute Gasteiger partial charge is 0.348 e. The highest BCUT2D eigenvalue weighted by Gasteiger charge is 2.16. The molecule has 0 atom stereocenters. The van der Waals surface area contributed by atoms with Gasteiger partial charge in [-0.25, -0.2) is 4.79 Å². The van der Waals surface area contributed by atoms with Crippen molar-refractivity contribution in [2.24, 2.45) is 0 Å². The molecular weight excluding hydrogens is 342 g/mol. The molecule has 1 aliphatic heterocycles. The Balaban J connectivity index is 1.65. The molecule has 7 heteroatoms. The number of carbonyl (C=O) groups excluding carboxylic acids is 2. The third-order valence-corrected chi connectivity index (χ3v) is 4.47. The molecule has 128 valence electrons. The fraction of sp³-hybridized carbons (Fsp3) is 0.222. The number of thiophene rings is 1. The van der Waals surface area contributed by atoms with Crippen LogP contribution >= 0.6 is 11.3 Å². The monoisotopic (exact) mass is 357 g/mol. The number of hydrogen-bond acceptors (Lipinski definition) is 6. The summed E-state index contributed by atoms with van der Waals surface area (Å²) in [6.07, 6.45) is 5.04. The molecule has 1 amide bonds. The number of nitrogens with one attached hydrogen (secondary N) is 1. The first-order valence-corrected chi connectivity index (χ1v) is 8.36. The minimum Gasteiger partial charge on any atom is -0.486 e. The number of amides is 1. The Labute approximate surface area is 148 Å². The molecule has 0 bridgehead atoms. The molecule has 0 saturated carbocycles. The van der Waals surface area contributed by atoms with Gasteiger partial charge in [-0.1, -0.05) is 5.92 Å². The maximum atomic E-state index is 12.0. The molecule has 1 aromatic carbocycles. The lowest BCUT2D eigenvalue weighted by atomic mass is 10.1. The van der Waals surface area contributed by atoms with Gasteiger partial charge in [0.15, 0.2) is 18.1 Å². The molecule has 0 unspecified atom stereocenters. The second-order valence-corrected chi connectivity index (χ2v) is 6.16. The number of rotatable bonds is 5. The Morgan fingerprint density at radius 1 is 1.20 bits per heavy atom. The van der Waals surface area contributed by atoms with E-state index < -0.39 is 11.9 Å². The zero-order valence-electron chi connectivity index (χ0n) is 13.2. The first-order chi connectivity index (χ1) is 12.2. The number of carbonyl (C=O) groups is 2. The average Bonchev–Trinajstić information content (AvgIpc) is 3.14. The van der Waals surface area contributed by atoms with Gasteiger partial charge in [0.25, 0.3) is 5.91 Å². The summed E-state index contributed by atoms with van der Waals surface area (Å²) >= 11 is 1.28. The summed E-state index contributed by atoms with van der Waals surface area (Å²) in [7, 11) is 0. The van der Waals surface area contributed by atoms with Gasteiger partial charge in [0.1, 0.15) is 18.1 Å². The van der Waals surface area contributed by atoms with E-state index in [1.807, 2.05) is 24.3 Å². The topological polar surface area (TPSA) is 73.9 Å². The maximum Gasteiger partial charge on any atom is 0.348 e. The van der Waals surface area contributed by atoms with Crippen LogP contribution in [0.1, 0.15) is 9.67 Å². The van der Waals surface area contributed by atoms with Crippen molar-refractivity contribution in [3.63, 3.8) is 0 Å². The second-order valence-electron chi connectivity index (χ2n) is 5.08. The number of esters is 1. The first-order valence-electron chi connectivity index (χ1n) is 7.54. The molecule has 2 heterocycles. The number of ether oxygens (including phenoxy) is 3. The van der Waals surface area contributed by atoms with E-state index in [0.29, 0.717) is 29.6 Å². The SMILES string of the molecule is C#CCNC(=O)COC(=O)c1ccc(-c2ccc3c(c2)OCCO3)s1. The Morgan fingerprint density at radius 2 is 2.00 bits per heavy atom. The molecule has 0 spiro atoms. The molecule has 1 aromatic heterocycles. The minimum absolute atomic E-state index is 0.101. The molecule has 3 rings (SSSR count). The van der Waals surface area contributed by atoms with Crippen LogP contribution in [-0.2, 0) is 9.53 Å². The highest BCUT2D eigenvalue weighted by Crippen LogP contribution is 2.36. The van der Waals surface area contributed by atoms with Crippen LogP contribution in [0.5, 0.6) is 11.5 Å². The first kappa shape index (κ1) is 16.9. The zero-order valence-corrected chi connectivity index (χ0v) is 14.1. The van der Waals surface area contributed by atoms with Crippen molar-refractivity contribution in [2.45, 2.75) is 0 Å². The van der Waals surface area contributed by atoms with Crippen LogP contribution in [0.2, 0.25) is 0 Å². The molecule has 0 fully saturated rings. The Hall–Kier alpha value is -2.98. The largest absolute Gasteiger partial charge is 0.486 e. The third-order valence-electron chi connectivity index (χ3n) is 3.36. The summed E-state index contributed by atoms with van der Waals surface area (Å²) < 4.78 is 16.0. The quantitative estimate of drug-likeness (QED) is 0.655. The van der Waals surface area contributed by atoms with Crippen molar-refractivity contribution < 1.29 is 23.8 Å². The van der Waals surface area contributed by atoms with Crippen molar-refractivity contribution >= 4 is 23.2 Å². The Kier molecular flexibility index (Phi) is 5.21. The van der Waals surface area contributed by atoms with Crippen molar-refractivity contribution in [3.05, 3.63) is 35.2 Å². The van der Waals surface area contributed by atoms with E-state index in [2.05, 4.69) is 11.2 Å². The lowest BCUT2D eigenvalue weighted by molar-refractivity contribution is -0.123. The van der Waals surface area contributed by atoms with Crippen LogP contribution < -0.4 is 14.8 Å². The van der Waals surface area contributed by atoms with Gasteiger partial charge >= 0.3 is 5.97 Å². The molecule has 6 nitrogen and oxygen atoms in total. The van der Waals surface area contributed by atoms with Gasteiger partial charge in [-0.15, -0.1) is 17.8 Å². The van der Waals surface area contributed by atoms with Crippen LogP contribution in [0.25, 0.3) is 10.4 Å². The zero-order chi connectivity index (χ0) is 17.6.